The molecule has 0 aromatic heterocycles. The van der Waals surface area contributed by atoms with Crippen LogP contribution in [0.2, 0.25) is 0 Å². The Morgan fingerprint density at radius 2 is 1.35 bits per heavy atom. The van der Waals surface area contributed by atoms with Crippen LogP contribution in [0.5, 0.6) is 0 Å². The molecule has 31 heavy (non-hydrogen) atoms. The number of hydrogen-bond donors (Lipinski definition) is 0. The highest BCUT2D eigenvalue weighted by atomic mass is 16.5. The summed E-state index contributed by atoms with van der Waals surface area (Å²) in [6.07, 6.45) is 0.954. The van der Waals surface area contributed by atoms with Crippen LogP contribution in [0.4, 0.5) is 0 Å². The van der Waals surface area contributed by atoms with Gasteiger partial charge in [-0.15, -0.1) is 0 Å². The maximum absolute atomic E-state index is 13.5. The van der Waals surface area contributed by atoms with Crippen molar-refractivity contribution >= 4 is 11.8 Å². The van der Waals surface area contributed by atoms with Crippen molar-refractivity contribution in [3.63, 3.8) is 0 Å². The lowest BCUT2D eigenvalue weighted by molar-refractivity contribution is 0.0447. The minimum absolute atomic E-state index is 0.0827. The molecular weight excluding hydrogens is 384 g/mol. The minimum atomic E-state index is -0.370. The summed E-state index contributed by atoms with van der Waals surface area (Å²) in [7, 11) is 0. The molecular formula is C28H28O3. The quantitative estimate of drug-likeness (QED) is 0.323. The number of Topliss-reactive ketones (excluding diaryl/α,β-unsaturated/α-hetero) is 1. The Balaban J connectivity index is 1.57. The van der Waals surface area contributed by atoms with Crippen molar-refractivity contribution in [3.05, 3.63) is 107 Å². The van der Waals surface area contributed by atoms with Gasteiger partial charge in [-0.25, -0.2) is 4.79 Å². The SMILES string of the molecule is CC[C@H](C)COC(=O)c1cccc(C(=O)C2[C@@H](c3ccccc3)[C@H]2c2ccccc2)c1. The molecule has 3 heteroatoms. The van der Waals surface area contributed by atoms with Crippen LogP contribution in [0.3, 0.4) is 0 Å². The molecule has 1 aliphatic carbocycles. The minimum Gasteiger partial charge on any atom is -0.462 e. The fourth-order valence-electron chi connectivity index (χ4n) is 4.23. The van der Waals surface area contributed by atoms with Crippen LogP contribution in [-0.2, 0) is 4.74 Å². The average Bonchev–Trinajstić information content (AvgIpc) is 3.58. The number of ketones is 1. The number of hydrogen-bond acceptors (Lipinski definition) is 3. The van der Waals surface area contributed by atoms with Crippen molar-refractivity contribution < 1.29 is 14.3 Å². The van der Waals surface area contributed by atoms with E-state index in [1.807, 2.05) is 43.3 Å². The van der Waals surface area contributed by atoms with Crippen LogP contribution in [-0.4, -0.2) is 18.4 Å². The summed E-state index contributed by atoms with van der Waals surface area (Å²) in [5.41, 5.74) is 3.36. The molecule has 1 aliphatic rings. The van der Waals surface area contributed by atoms with Crippen molar-refractivity contribution in [1.82, 2.24) is 0 Å². The Bertz CT molecular complexity index is 997. The molecule has 1 unspecified atom stereocenters. The Kier molecular flexibility index (Phi) is 6.31. The van der Waals surface area contributed by atoms with E-state index in [-0.39, 0.29) is 29.5 Å². The van der Waals surface area contributed by atoms with Crippen LogP contribution in [0.25, 0.3) is 0 Å². The second-order valence-corrected chi connectivity index (χ2v) is 8.46. The second kappa shape index (κ2) is 9.30. The van der Waals surface area contributed by atoms with Crippen molar-refractivity contribution in [2.75, 3.05) is 6.61 Å². The third-order valence-electron chi connectivity index (χ3n) is 6.27. The average molecular weight is 413 g/mol. The van der Waals surface area contributed by atoms with Gasteiger partial charge in [-0.05, 0) is 29.2 Å². The predicted molar refractivity (Wildman–Crippen MR) is 122 cm³/mol. The standard InChI is InChI=1S/C28H28O3/c1-3-19(2)18-31-28(30)23-16-10-15-22(17-23)27(29)26-24(20-11-6-4-7-12-20)25(26)21-13-8-5-9-14-21/h4-17,19,24-26H,3,18H2,1-2H3/t19-,24-,25+,26?/m0/s1. The Morgan fingerprint density at radius 1 is 0.806 bits per heavy atom. The van der Waals surface area contributed by atoms with Crippen molar-refractivity contribution in [1.29, 1.82) is 0 Å². The molecule has 0 amide bonds. The third-order valence-corrected chi connectivity index (χ3v) is 6.27. The number of carbonyl (C=O) groups excluding carboxylic acids is 2. The van der Waals surface area contributed by atoms with Crippen LogP contribution in [0.15, 0.2) is 84.9 Å². The Hall–Kier alpha value is -3.20. The van der Waals surface area contributed by atoms with Gasteiger partial charge in [0.2, 0.25) is 0 Å². The van der Waals surface area contributed by atoms with Gasteiger partial charge >= 0.3 is 5.97 Å². The molecule has 3 aromatic carbocycles. The van der Waals surface area contributed by atoms with E-state index in [0.717, 1.165) is 6.42 Å². The number of rotatable bonds is 8. The summed E-state index contributed by atoms with van der Waals surface area (Å²) in [5.74, 6) is 0.202. The molecule has 0 radical (unpaired) electrons. The topological polar surface area (TPSA) is 43.4 Å². The second-order valence-electron chi connectivity index (χ2n) is 8.46. The molecule has 4 atom stereocenters. The largest absolute Gasteiger partial charge is 0.462 e. The molecule has 0 heterocycles. The van der Waals surface area contributed by atoms with Gasteiger partial charge in [0, 0.05) is 23.3 Å². The summed E-state index contributed by atoms with van der Waals surface area (Å²) in [6, 6.07) is 27.4. The van der Waals surface area contributed by atoms with E-state index in [0.29, 0.717) is 23.7 Å². The van der Waals surface area contributed by atoms with E-state index in [1.54, 1.807) is 24.3 Å². The van der Waals surface area contributed by atoms with E-state index in [2.05, 4.69) is 31.2 Å². The lowest BCUT2D eigenvalue weighted by Gasteiger charge is -2.10. The van der Waals surface area contributed by atoms with Gasteiger partial charge < -0.3 is 4.74 Å². The molecule has 0 saturated heterocycles. The first kappa shape index (κ1) is 21.0. The smallest absolute Gasteiger partial charge is 0.338 e. The van der Waals surface area contributed by atoms with E-state index >= 15 is 0 Å². The summed E-state index contributed by atoms with van der Waals surface area (Å²) in [5, 5.41) is 0. The first-order valence-corrected chi connectivity index (χ1v) is 11.0. The van der Waals surface area contributed by atoms with E-state index in [9.17, 15) is 9.59 Å². The number of ether oxygens (including phenoxy) is 1. The van der Waals surface area contributed by atoms with Crippen molar-refractivity contribution in [2.45, 2.75) is 32.1 Å². The summed E-state index contributed by atoms with van der Waals surface area (Å²) in [4.78, 5) is 26.0. The molecule has 1 saturated carbocycles. The maximum Gasteiger partial charge on any atom is 0.338 e. The predicted octanol–water partition coefficient (Wildman–Crippen LogP) is 6.27. The van der Waals surface area contributed by atoms with Crippen LogP contribution >= 0.6 is 0 Å². The zero-order valence-electron chi connectivity index (χ0n) is 18.0. The number of carbonyl (C=O) groups is 2. The lowest BCUT2D eigenvalue weighted by Crippen LogP contribution is -2.13. The van der Waals surface area contributed by atoms with Crippen molar-refractivity contribution in [3.8, 4) is 0 Å². The molecule has 1 fully saturated rings. The van der Waals surface area contributed by atoms with Gasteiger partial charge in [-0.2, -0.15) is 0 Å². The normalized spacial score (nSPS) is 20.6. The Morgan fingerprint density at radius 3 is 1.90 bits per heavy atom. The van der Waals surface area contributed by atoms with Gasteiger partial charge in [0.05, 0.1) is 12.2 Å². The van der Waals surface area contributed by atoms with Gasteiger partial charge in [-0.3, -0.25) is 4.79 Å². The lowest BCUT2D eigenvalue weighted by atomic mass is 10.0. The molecule has 0 bridgehead atoms. The first-order valence-electron chi connectivity index (χ1n) is 11.0. The van der Waals surface area contributed by atoms with Gasteiger partial charge in [0.25, 0.3) is 0 Å². The third kappa shape index (κ3) is 4.61. The maximum atomic E-state index is 13.5. The number of benzene rings is 3. The highest BCUT2D eigenvalue weighted by Gasteiger charge is 2.55. The zero-order chi connectivity index (χ0) is 21.8. The fourth-order valence-corrected chi connectivity index (χ4v) is 4.23. The highest BCUT2D eigenvalue weighted by Crippen LogP contribution is 2.61. The fraction of sp³-hybridized carbons (Fsp3) is 0.286. The van der Waals surface area contributed by atoms with Crippen LogP contribution in [0, 0.1) is 11.8 Å². The molecule has 0 spiro atoms. The Labute approximate surface area is 184 Å². The number of esters is 1. The first-order chi connectivity index (χ1) is 15.1. The molecule has 0 aliphatic heterocycles. The monoisotopic (exact) mass is 412 g/mol. The molecule has 4 rings (SSSR count). The molecule has 0 N–H and O–H groups in total. The van der Waals surface area contributed by atoms with Crippen LogP contribution in [0.1, 0.15) is 63.9 Å². The highest BCUT2D eigenvalue weighted by molar-refractivity contribution is 6.03. The van der Waals surface area contributed by atoms with E-state index in [1.165, 1.54) is 11.1 Å². The van der Waals surface area contributed by atoms with Crippen LogP contribution < -0.4 is 0 Å². The molecule has 3 nitrogen and oxygen atoms in total. The summed E-state index contributed by atoms with van der Waals surface area (Å²) in [6.45, 7) is 4.51. The van der Waals surface area contributed by atoms with E-state index in [4.69, 9.17) is 4.74 Å². The molecule has 158 valence electrons. The summed E-state index contributed by atoms with van der Waals surface area (Å²) >= 11 is 0. The zero-order valence-corrected chi connectivity index (χ0v) is 18.0. The van der Waals surface area contributed by atoms with Crippen molar-refractivity contribution in [2.24, 2.45) is 11.8 Å². The molecule has 3 aromatic rings. The van der Waals surface area contributed by atoms with Gasteiger partial charge in [0.1, 0.15) is 0 Å². The van der Waals surface area contributed by atoms with E-state index < -0.39 is 0 Å². The van der Waals surface area contributed by atoms with Gasteiger partial charge in [0.15, 0.2) is 5.78 Å². The van der Waals surface area contributed by atoms with Gasteiger partial charge in [-0.1, -0.05) is 93.1 Å². The summed E-state index contributed by atoms with van der Waals surface area (Å²) < 4.78 is 5.42.